The van der Waals surface area contributed by atoms with Gasteiger partial charge in [0.25, 0.3) is 5.91 Å². The number of anilines is 1. The highest BCUT2D eigenvalue weighted by Crippen LogP contribution is 2.36. The van der Waals surface area contributed by atoms with Gasteiger partial charge >= 0.3 is 6.18 Å². The van der Waals surface area contributed by atoms with E-state index >= 15 is 0 Å². The molecule has 1 amide bonds. The second-order valence-corrected chi connectivity index (χ2v) is 5.84. The third-order valence-electron chi connectivity index (χ3n) is 2.77. The van der Waals surface area contributed by atoms with Crippen molar-refractivity contribution in [2.75, 3.05) is 5.32 Å². The van der Waals surface area contributed by atoms with Crippen molar-refractivity contribution in [1.82, 2.24) is 0 Å². The number of amides is 1. The van der Waals surface area contributed by atoms with Crippen LogP contribution in [0, 0.1) is 5.92 Å². The Morgan fingerprint density at radius 1 is 1.30 bits per heavy atom. The van der Waals surface area contributed by atoms with Crippen molar-refractivity contribution in [3.8, 4) is 0 Å². The standard InChI is InChI=1S/C13H13F3N2OS/c1-7(2)10-11(19)18-12(20-10)17-9-6-4-3-5-8(9)13(14,15)16/h3-7,10H,1-2H3,(H,17,18,19). The van der Waals surface area contributed by atoms with Gasteiger partial charge in [-0.25, -0.2) is 0 Å². The van der Waals surface area contributed by atoms with Crippen molar-refractivity contribution in [3.05, 3.63) is 29.8 Å². The lowest BCUT2D eigenvalue weighted by atomic mass is 10.1. The summed E-state index contributed by atoms with van der Waals surface area (Å²) in [6.07, 6.45) is -4.45. The van der Waals surface area contributed by atoms with Gasteiger partial charge < -0.3 is 5.32 Å². The van der Waals surface area contributed by atoms with Gasteiger partial charge in [0.1, 0.15) is 0 Å². The molecule has 0 fully saturated rings. The van der Waals surface area contributed by atoms with E-state index in [0.29, 0.717) is 0 Å². The Bertz CT molecular complexity index is 555. The second kappa shape index (κ2) is 5.47. The molecule has 1 aromatic rings. The summed E-state index contributed by atoms with van der Waals surface area (Å²) in [6.45, 7) is 3.75. The van der Waals surface area contributed by atoms with Crippen LogP contribution in [0.15, 0.2) is 29.3 Å². The molecule has 1 aromatic carbocycles. The van der Waals surface area contributed by atoms with Gasteiger partial charge in [-0.2, -0.15) is 18.2 Å². The lowest BCUT2D eigenvalue weighted by molar-refractivity contribution is -0.136. The normalized spacial score (nSPS) is 19.4. The van der Waals surface area contributed by atoms with E-state index in [1.807, 2.05) is 13.8 Å². The molecule has 3 nitrogen and oxygen atoms in total. The maximum absolute atomic E-state index is 12.9. The van der Waals surface area contributed by atoms with Gasteiger partial charge in [-0.15, -0.1) is 0 Å². The summed E-state index contributed by atoms with van der Waals surface area (Å²) in [7, 11) is 0. The van der Waals surface area contributed by atoms with Crippen LogP contribution < -0.4 is 5.32 Å². The Morgan fingerprint density at radius 3 is 2.50 bits per heavy atom. The SMILES string of the molecule is CC(C)C1SC(Nc2ccccc2C(F)(F)F)=NC1=O. The molecule has 0 saturated carbocycles. The topological polar surface area (TPSA) is 41.5 Å². The monoisotopic (exact) mass is 302 g/mol. The number of para-hydroxylation sites is 1. The van der Waals surface area contributed by atoms with E-state index in [2.05, 4.69) is 10.3 Å². The lowest BCUT2D eigenvalue weighted by Crippen LogP contribution is -2.18. The molecule has 2 rings (SSSR count). The van der Waals surface area contributed by atoms with Crippen LogP contribution in [0.25, 0.3) is 0 Å². The zero-order valence-electron chi connectivity index (χ0n) is 10.9. The number of thioether (sulfide) groups is 1. The summed E-state index contributed by atoms with van der Waals surface area (Å²) >= 11 is 1.16. The number of aliphatic imine (C=N–C) groups is 1. The van der Waals surface area contributed by atoms with Crippen molar-refractivity contribution >= 4 is 28.5 Å². The largest absolute Gasteiger partial charge is 0.418 e. The Morgan fingerprint density at radius 2 is 1.95 bits per heavy atom. The number of hydrogen-bond acceptors (Lipinski definition) is 3. The molecule has 7 heteroatoms. The number of benzene rings is 1. The Hall–Kier alpha value is -1.50. The molecule has 0 aliphatic carbocycles. The van der Waals surface area contributed by atoms with Crippen molar-refractivity contribution in [2.45, 2.75) is 25.3 Å². The van der Waals surface area contributed by atoms with E-state index in [1.54, 1.807) is 0 Å². The van der Waals surface area contributed by atoms with Crippen molar-refractivity contribution < 1.29 is 18.0 Å². The summed E-state index contributed by atoms with van der Waals surface area (Å²) in [4.78, 5) is 15.4. The minimum atomic E-state index is -4.45. The van der Waals surface area contributed by atoms with Gasteiger partial charge in [0.2, 0.25) is 0 Å². The van der Waals surface area contributed by atoms with Crippen LogP contribution in [-0.4, -0.2) is 16.3 Å². The molecule has 1 aliphatic rings. The fourth-order valence-corrected chi connectivity index (χ4v) is 2.77. The molecular formula is C13H13F3N2OS. The van der Waals surface area contributed by atoms with Crippen LogP contribution in [0.3, 0.4) is 0 Å². The highest BCUT2D eigenvalue weighted by atomic mass is 32.2. The van der Waals surface area contributed by atoms with Crippen LogP contribution >= 0.6 is 11.8 Å². The summed E-state index contributed by atoms with van der Waals surface area (Å²) in [5, 5.41) is 2.48. The van der Waals surface area contributed by atoms with Crippen molar-refractivity contribution in [3.63, 3.8) is 0 Å². The fraction of sp³-hybridized carbons (Fsp3) is 0.385. The third kappa shape index (κ3) is 3.15. The van der Waals surface area contributed by atoms with E-state index in [9.17, 15) is 18.0 Å². The van der Waals surface area contributed by atoms with E-state index in [-0.39, 0.29) is 27.9 Å². The molecule has 20 heavy (non-hydrogen) atoms. The highest BCUT2D eigenvalue weighted by Gasteiger charge is 2.35. The molecular weight excluding hydrogens is 289 g/mol. The quantitative estimate of drug-likeness (QED) is 0.904. The average Bonchev–Trinajstić information content (AvgIpc) is 2.69. The zero-order valence-corrected chi connectivity index (χ0v) is 11.7. The third-order valence-corrected chi connectivity index (χ3v) is 4.19. The Kier molecular flexibility index (Phi) is 4.08. The molecule has 1 aliphatic heterocycles. The van der Waals surface area contributed by atoms with E-state index < -0.39 is 11.7 Å². The first-order valence-corrected chi connectivity index (χ1v) is 6.89. The zero-order chi connectivity index (χ0) is 14.9. The first-order chi connectivity index (χ1) is 9.29. The molecule has 1 heterocycles. The number of carbonyl (C=O) groups excluding carboxylic acids is 1. The van der Waals surface area contributed by atoms with Gasteiger partial charge in [0, 0.05) is 0 Å². The number of halogens is 3. The molecule has 0 bridgehead atoms. The molecule has 1 unspecified atom stereocenters. The molecule has 1 atom stereocenters. The fourth-order valence-electron chi connectivity index (χ4n) is 1.79. The minimum Gasteiger partial charge on any atom is -0.334 e. The number of nitrogens with one attached hydrogen (secondary N) is 1. The molecule has 1 N–H and O–H groups in total. The number of alkyl halides is 3. The van der Waals surface area contributed by atoms with Gasteiger partial charge in [-0.3, -0.25) is 4.79 Å². The number of carbonyl (C=O) groups is 1. The number of nitrogens with zero attached hydrogens (tertiary/aromatic N) is 1. The van der Waals surface area contributed by atoms with Crippen LogP contribution in [0.1, 0.15) is 19.4 Å². The van der Waals surface area contributed by atoms with Crippen molar-refractivity contribution in [1.29, 1.82) is 0 Å². The Balaban J connectivity index is 2.21. The maximum Gasteiger partial charge on any atom is 0.418 e. The molecule has 0 radical (unpaired) electrons. The van der Waals surface area contributed by atoms with E-state index in [0.717, 1.165) is 17.8 Å². The van der Waals surface area contributed by atoms with Gasteiger partial charge in [-0.05, 0) is 18.1 Å². The van der Waals surface area contributed by atoms with Crippen LogP contribution in [0.5, 0.6) is 0 Å². The predicted molar refractivity (Wildman–Crippen MR) is 73.7 cm³/mol. The lowest BCUT2D eigenvalue weighted by Gasteiger charge is -2.14. The van der Waals surface area contributed by atoms with Crippen LogP contribution in [0.2, 0.25) is 0 Å². The number of hydrogen-bond donors (Lipinski definition) is 1. The number of rotatable bonds is 2. The van der Waals surface area contributed by atoms with Gasteiger partial charge in [-0.1, -0.05) is 37.7 Å². The van der Waals surface area contributed by atoms with Crippen LogP contribution in [0.4, 0.5) is 18.9 Å². The summed E-state index contributed by atoms with van der Waals surface area (Å²) in [5.41, 5.74) is -0.868. The Labute approximate surface area is 118 Å². The molecule has 0 spiro atoms. The minimum absolute atomic E-state index is 0.0772. The first kappa shape index (κ1) is 14.9. The summed E-state index contributed by atoms with van der Waals surface area (Å²) < 4.78 is 38.6. The molecule has 108 valence electrons. The highest BCUT2D eigenvalue weighted by molar-refractivity contribution is 8.15. The maximum atomic E-state index is 12.9. The van der Waals surface area contributed by atoms with E-state index in [1.165, 1.54) is 18.2 Å². The van der Waals surface area contributed by atoms with Gasteiger partial charge in [0.05, 0.1) is 16.5 Å². The predicted octanol–water partition coefficient (Wildman–Crippen LogP) is 3.77. The van der Waals surface area contributed by atoms with Crippen LogP contribution in [-0.2, 0) is 11.0 Å². The summed E-state index contributed by atoms with van der Waals surface area (Å²) in [5.74, 6) is -0.231. The van der Waals surface area contributed by atoms with E-state index in [4.69, 9.17) is 0 Å². The van der Waals surface area contributed by atoms with Crippen molar-refractivity contribution in [2.24, 2.45) is 10.9 Å². The smallest absolute Gasteiger partial charge is 0.334 e. The molecule has 0 saturated heterocycles. The molecule has 0 aromatic heterocycles. The average molecular weight is 302 g/mol. The first-order valence-electron chi connectivity index (χ1n) is 6.01. The summed E-state index contributed by atoms with van der Waals surface area (Å²) in [6, 6.07) is 5.13. The van der Waals surface area contributed by atoms with Gasteiger partial charge in [0.15, 0.2) is 5.17 Å². The number of amidine groups is 1. The second-order valence-electron chi connectivity index (χ2n) is 4.71.